The van der Waals surface area contributed by atoms with Crippen LogP contribution in [0.3, 0.4) is 0 Å². The second-order valence-electron chi connectivity index (χ2n) is 7.46. The van der Waals surface area contributed by atoms with Crippen LogP contribution >= 0.6 is 0 Å². The quantitative estimate of drug-likeness (QED) is 0.698. The second-order valence-corrected chi connectivity index (χ2v) is 7.46. The lowest BCUT2D eigenvalue weighted by Crippen LogP contribution is -2.39. The molecule has 8 heteroatoms. The molecule has 0 aliphatic carbocycles. The van der Waals surface area contributed by atoms with E-state index in [9.17, 15) is 14.7 Å². The minimum Gasteiger partial charge on any atom is -0.503 e. The first kappa shape index (κ1) is 20.3. The number of morpholine rings is 1. The van der Waals surface area contributed by atoms with Gasteiger partial charge in [0.25, 0.3) is 5.91 Å². The molecule has 2 aliphatic heterocycles. The fourth-order valence-corrected chi connectivity index (χ4v) is 3.94. The van der Waals surface area contributed by atoms with Crippen molar-refractivity contribution in [3.63, 3.8) is 0 Å². The van der Waals surface area contributed by atoms with Crippen LogP contribution in [0.4, 0.5) is 0 Å². The lowest BCUT2D eigenvalue weighted by Gasteiger charge is -2.29. The maximum atomic E-state index is 13.1. The van der Waals surface area contributed by atoms with Gasteiger partial charge in [-0.3, -0.25) is 19.5 Å². The number of aryl methyl sites for hydroxylation is 1. The van der Waals surface area contributed by atoms with Gasteiger partial charge >= 0.3 is 0 Å². The van der Waals surface area contributed by atoms with Gasteiger partial charge in [-0.2, -0.15) is 0 Å². The van der Waals surface area contributed by atoms with Gasteiger partial charge in [-0.1, -0.05) is 6.07 Å². The van der Waals surface area contributed by atoms with Crippen LogP contribution in [0.5, 0.6) is 0 Å². The smallest absolute Gasteiger partial charge is 0.290 e. The monoisotopic (exact) mass is 411 g/mol. The summed E-state index contributed by atoms with van der Waals surface area (Å²) in [6.07, 6.45) is 2.32. The van der Waals surface area contributed by atoms with Crippen molar-refractivity contribution < 1.29 is 23.8 Å². The number of aromatic nitrogens is 1. The molecule has 1 amide bonds. The largest absolute Gasteiger partial charge is 0.503 e. The van der Waals surface area contributed by atoms with Gasteiger partial charge in [0.1, 0.15) is 11.8 Å². The maximum absolute atomic E-state index is 13.1. The van der Waals surface area contributed by atoms with Crippen molar-refractivity contribution in [1.29, 1.82) is 0 Å². The molecule has 1 atom stereocenters. The Balaban J connectivity index is 1.58. The predicted octanol–water partition coefficient (Wildman–Crippen LogP) is 2.28. The van der Waals surface area contributed by atoms with Gasteiger partial charge in [-0.05, 0) is 37.6 Å². The first-order valence-electron chi connectivity index (χ1n) is 10.1. The standard InChI is InChI=1S/C22H25N3O5/c1-15-6-7-17(30-15)20(26)18-19(16-5-2-3-8-23-16)25(22(28)21(18)27)10-4-9-24-11-13-29-14-12-24/h2-3,5-8,19,27H,4,9-14H2,1H3. The number of ether oxygens (including phenoxy) is 1. The molecule has 2 aliphatic rings. The second kappa shape index (κ2) is 8.81. The molecule has 30 heavy (non-hydrogen) atoms. The highest BCUT2D eigenvalue weighted by molar-refractivity contribution is 6.14. The number of furan rings is 1. The minimum atomic E-state index is -0.749. The Labute approximate surface area is 174 Å². The van der Waals surface area contributed by atoms with E-state index in [4.69, 9.17) is 9.15 Å². The topological polar surface area (TPSA) is 96.1 Å². The molecular weight excluding hydrogens is 386 g/mol. The van der Waals surface area contributed by atoms with Crippen molar-refractivity contribution in [3.8, 4) is 0 Å². The Hall–Kier alpha value is -2.97. The summed E-state index contributed by atoms with van der Waals surface area (Å²) in [6.45, 7) is 6.09. The summed E-state index contributed by atoms with van der Waals surface area (Å²) in [5.41, 5.74) is 0.548. The van der Waals surface area contributed by atoms with Crippen molar-refractivity contribution in [2.75, 3.05) is 39.4 Å². The van der Waals surface area contributed by atoms with Gasteiger partial charge < -0.3 is 19.2 Å². The van der Waals surface area contributed by atoms with Crippen LogP contribution in [0.25, 0.3) is 0 Å². The van der Waals surface area contributed by atoms with E-state index >= 15 is 0 Å². The van der Waals surface area contributed by atoms with E-state index < -0.39 is 23.5 Å². The molecule has 2 aromatic heterocycles. The number of carbonyl (C=O) groups is 2. The molecule has 4 heterocycles. The van der Waals surface area contributed by atoms with Crippen LogP contribution in [0.1, 0.15) is 34.5 Å². The van der Waals surface area contributed by atoms with E-state index in [0.29, 0.717) is 37.6 Å². The molecule has 1 saturated heterocycles. The maximum Gasteiger partial charge on any atom is 0.290 e. The molecule has 2 aromatic rings. The van der Waals surface area contributed by atoms with Crippen molar-refractivity contribution in [3.05, 3.63) is 65.1 Å². The van der Waals surface area contributed by atoms with Gasteiger partial charge in [0.2, 0.25) is 5.78 Å². The Bertz CT molecular complexity index is 947. The van der Waals surface area contributed by atoms with Gasteiger partial charge in [0, 0.05) is 32.4 Å². The van der Waals surface area contributed by atoms with Crippen molar-refractivity contribution in [2.45, 2.75) is 19.4 Å². The van der Waals surface area contributed by atoms with Crippen LogP contribution in [-0.2, 0) is 9.53 Å². The number of rotatable bonds is 7. The lowest BCUT2D eigenvalue weighted by atomic mass is 9.98. The summed E-state index contributed by atoms with van der Waals surface area (Å²) in [5, 5.41) is 10.6. The molecule has 1 unspecified atom stereocenters. The highest BCUT2D eigenvalue weighted by Crippen LogP contribution is 2.38. The van der Waals surface area contributed by atoms with E-state index in [1.165, 1.54) is 4.90 Å². The summed E-state index contributed by atoms with van der Waals surface area (Å²) >= 11 is 0. The SMILES string of the molecule is Cc1ccc(C(=O)C2=C(O)C(=O)N(CCCN3CCOCC3)C2c2ccccn2)o1. The number of carbonyl (C=O) groups excluding carboxylic acids is 2. The van der Waals surface area contributed by atoms with Crippen LogP contribution in [-0.4, -0.2) is 71.0 Å². The molecule has 0 aromatic carbocycles. The van der Waals surface area contributed by atoms with Crippen LogP contribution in [0.2, 0.25) is 0 Å². The summed E-state index contributed by atoms with van der Waals surface area (Å²) in [7, 11) is 0. The Morgan fingerprint density at radius 2 is 2.00 bits per heavy atom. The Kier molecular flexibility index (Phi) is 5.96. The number of hydrogen-bond acceptors (Lipinski definition) is 7. The average Bonchev–Trinajstić information content (AvgIpc) is 3.31. The van der Waals surface area contributed by atoms with E-state index in [0.717, 1.165) is 19.6 Å². The van der Waals surface area contributed by atoms with Crippen molar-refractivity contribution >= 4 is 11.7 Å². The third-order valence-electron chi connectivity index (χ3n) is 5.46. The van der Waals surface area contributed by atoms with Crippen LogP contribution in [0, 0.1) is 6.92 Å². The zero-order valence-electron chi connectivity index (χ0n) is 16.9. The summed E-state index contributed by atoms with van der Waals surface area (Å²) in [5.74, 6) is -0.909. The van der Waals surface area contributed by atoms with E-state index in [1.807, 2.05) is 0 Å². The number of hydrogen-bond donors (Lipinski definition) is 1. The zero-order valence-corrected chi connectivity index (χ0v) is 16.9. The van der Waals surface area contributed by atoms with Crippen molar-refractivity contribution in [2.24, 2.45) is 0 Å². The Morgan fingerprint density at radius 1 is 1.20 bits per heavy atom. The fourth-order valence-electron chi connectivity index (χ4n) is 3.94. The Morgan fingerprint density at radius 3 is 2.67 bits per heavy atom. The molecule has 1 fully saturated rings. The molecule has 0 radical (unpaired) electrons. The third kappa shape index (κ3) is 4.01. The minimum absolute atomic E-state index is 0.0134. The normalized spacial score (nSPS) is 20.2. The molecule has 4 rings (SSSR count). The zero-order chi connectivity index (χ0) is 21.1. The number of ketones is 1. The number of amides is 1. The third-order valence-corrected chi connectivity index (χ3v) is 5.46. The fraction of sp³-hybridized carbons (Fsp3) is 0.409. The predicted molar refractivity (Wildman–Crippen MR) is 108 cm³/mol. The molecule has 1 N–H and O–H groups in total. The van der Waals surface area contributed by atoms with Gasteiger partial charge in [0.05, 0.1) is 24.5 Å². The first-order chi connectivity index (χ1) is 14.6. The highest BCUT2D eigenvalue weighted by atomic mass is 16.5. The van der Waals surface area contributed by atoms with Crippen LogP contribution < -0.4 is 0 Å². The number of Topliss-reactive ketones (excluding diaryl/α,β-unsaturated/α-hetero) is 1. The molecular formula is C22H25N3O5. The summed E-state index contributed by atoms with van der Waals surface area (Å²) in [6, 6.07) is 7.81. The molecule has 0 bridgehead atoms. The van der Waals surface area contributed by atoms with Gasteiger partial charge in [-0.25, -0.2) is 0 Å². The summed E-state index contributed by atoms with van der Waals surface area (Å²) < 4.78 is 10.8. The number of pyridine rings is 1. The molecule has 0 spiro atoms. The van der Waals surface area contributed by atoms with Gasteiger partial charge in [0.15, 0.2) is 11.5 Å². The molecule has 158 valence electrons. The highest BCUT2D eigenvalue weighted by Gasteiger charge is 2.44. The average molecular weight is 411 g/mol. The molecule has 8 nitrogen and oxygen atoms in total. The van der Waals surface area contributed by atoms with E-state index in [-0.39, 0.29) is 11.3 Å². The lowest BCUT2D eigenvalue weighted by molar-refractivity contribution is -0.129. The first-order valence-corrected chi connectivity index (χ1v) is 10.1. The van der Waals surface area contributed by atoms with E-state index in [2.05, 4.69) is 9.88 Å². The van der Waals surface area contributed by atoms with Crippen molar-refractivity contribution in [1.82, 2.24) is 14.8 Å². The number of aliphatic hydroxyl groups excluding tert-OH is 1. The van der Waals surface area contributed by atoms with Gasteiger partial charge in [-0.15, -0.1) is 0 Å². The number of aliphatic hydroxyl groups is 1. The molecule has 0 saturated carbocycles. The number of nitrogens with zero attached hydrogens (tertiary/aromatic N) is 3. The summed E-state index contributed by atoms with van der Waals surface area (Å²) in [4.78, 5) is 34.2. The van der Waals surface area contributed by atoms with E-state index in [1.54, 1.807) is 43.5 Å². The van der Waals surface area contributed by atoms with Crippen LogP contribution in [0.15, 0.2) is 52.3 Å².